The van der Waals surface area contributed by atoms with Crippen molar-refractivity contribution in [3.8, 4) is 5.75 Å². The molecule has 0 amide bonds. The Hall–Kier alpha value is -3.66. The summed E-state index contributed by atoms with van der Waals surface area (Å²) in [5, 5.41) is 29.5. The molecule has 174 valence electrons. The minimum absolute atomic E-state index is 0.0479. The van der Waals surface area contributed by atoms with Gasteiger partial charge in [-0.05, 0) is 35.1 Å². The lowest BCUT2D eigenvalue weighted by molar-refractivity contribution is -0.384. The summed E-state index contributed by atoms with van der Waals surface area (Å²) in [4.78, 5) is 28.3. The fourth-order valence-electron chi connectivity index (χ4n) is 4.52. The summed E-state index contributed by atoms with van der Waals surface area (Å²) in [5.41, 5.74) is 3.07. The molecule has 1 aliphatic heterocycles. The van der Waals surface area contributed by atoms with Gasteiger partial charge in [0.25, 0.3) is 5.69 Å². The van der Waals surface area contributed by atoms with Crippen LogP contribution in [0.15, 0.2) is 65.0 Å². The van der Waals surface area contributed by atoms with Crippen molar-refractivity contribution >= 4 is 29.2 Å². The lowest BCUT2D eigenvalue weighted by atomic mass is 9.73. The molecule has 10 heteroatoms. The normalized spacial score (nSPS) is 18.8. The number of thioether (sulfide) groups is 1. The first-order chi connectivity index (χ1) is 16.2. The number of hydrogen-bond donors (Lipinski definition) is 2. The highest BCUT2D eigenvalue weighted by molar-refractivity contribution is 7.98. The van der Waals surface area contributed by atoms with Gasteiger partial charge >= 0.3 is 0 Å². The third-order valence-corrected chi connectivity index (χ3v) is 6.92. The van der Waals surface area contributed by atoms with E-state index in [0.29, 0.717) is 35.3 Å². The third-order valence-electron chi connectivity index (χ3n) is 6.01. The minimum Gasteiger partial charge on any atom is -0.508 e. The van der Waals surface area contributed by atoms with Crippen LogP contribution in [-0.4, -0.2) is 30.6 Å². The second-order valence-electron chi connectivity index (χ2n) is 9.33. The van der Waals surface area contributed by atoms with E-state index in [1.807, 2.05) is 6.07 Å². The highest BCUT2D eigenvalue weighted by Crippen LogP contribution is 2.46. The Morgan fingerprint density at radius 3 is 2.71 bits per heavy atom. The molecule has 0 saturated carbocycles. The van der Waals surface area contributed by atoms with E-state index in [2.05, 4.69) is 24.1 Å². The van der Waals surface area contributed by atoms with Gasteiger partial charge in [0.05, 0.1) is 4.92 Å². The lowest BCUT2D eigenvalue weighted by Crippen LogP contribution is -2.36. The number of nitro groups is 1. The van der Waals surface area contributed by atoms with Gasteiger partial charge in [0.2, 0.25) is 11.1 Å². The van der Waals surface area contributed by atoms with Crippen molar-refractivity contribution in [1.82, 2.24) is 14.8 Å². The molecule has 1 aliphatic carbocycles. The Morgan fingerprint density at radius 1 is 1.24 bits per heavy atom. The zero-order valence-corrected chi connectivity index (χ0v) is 19.5. The van der Waals surface area contributed by atoms with Crippen LogP contribution in [0.25, 0.3) is 0 Å². The van der Waals surface area contributed by atoms with Crippen LogP contribution in [0.1, 0.15) is 43.9 Å². The van der Waals surface area contributed by atoms with Crippen LogP contribution in [0, 0.1) is 15.5 Å². The standard InChI is InChI=1S/C24H23N5O4S/c1-24(2)11-18-20(19(31)12-24)21(15-4-3-5-17(30)10-15)28-22(25-18)26-23(27-28)34-13-14-6-8-16(9-7-14)29(32)33/h3-10,21,30H,11-13H2,1-2H3,(H,25,26,27). The molecule has 0 fully saturated rings. The Labute approximate surface area is 200 Å². The fourth-order valence-corrected chi connectivity index (χ4v) is 5.30. The van der Waals surface area contributed by atoms with Crippen molar-refractivity contribution in [3.63, 3.8) is 0 Å². The van der Waals surface area contributed by atoms with Gasteiger partial charge in [-0.15, -0.1) is 5.10 Å². The molecule has 0 bridgehead atoms. The van der Waals surface area contributed by atoms with Crippen LogP contribution in [0.4, 0.5) is 11.6 Å². The Morgan fingerprint density at radius 2 is 2.00 bits per heavy atom. The number of allylic oxidation sites excluding steroid dienone is 2. The van der Waals surface area contributed by atoms with Gasteiger partial charge in [0.15, 0.2) is 5.78 Å². The number of nitro benzene ring substituents is 1. The molecule has 3 aromatic rings. The van der Waals surface area contributed by atoms with E-state index >= 15 is 0 Å². The Balaban J connectivity index is 1.48. The molecule has 2 heterocycles. The highest BCUT2D eigenvalue weighted by atomic mass is 32.2. The molecule has 0 saturated heterocycles. The van der Waals surface area contributed by atoms with Crippen LogP contribution in [0.2, 0.25) is 0 Å². The quantitative estimate of drug-likeness (QED) is 0.304. The van der Waals surface area contributed by atoms with E-state index in [9.17, 15) is 20.0 Å². The summed E-state index contributed by atoms with van der Waals surface area (Å²) < 4.78 is 1.71. The van der Waals surface area contributed by atoms with E-state index in [1.54, 1.807) is 35.0 Å². The lowest BCUT2D eigenvalue weighted by Gasteiger charge is -2.38. The number of carbonyl (C=O) groups excluding carboxylic acids is 1. The third kappa shape index (κ3) is 4.16. The number of carbonyl (C=O) groups is 1. The predicted octanol–water partition coefficient (Wildman–Crippen LogP) is 4.84. The number of benzene rings is 2. The van der Waals surface area contributed by atoms with Crippen LogP contribution >= 0.6 is 11.8 Å². The van der Waals surface area contributed by atoms with Gasteiger partial charge < -0.3 is 10.4 Å². The van der Waals surface area contributed by atoms with Crippen LogP contribution in [0.5, 0.6) is 5.75 Å². The number of aromatic hydroxyl groups is 1. The molecule has 2 N–H and O–H groups in total. The van der Waals surface area contributed by atoms with E-state index in [-0.39, 0.29) is 22.6 Å². The maximum atomic E-state index is 13.2. The second-order valence-corrected chi connectivity index (χ2v) is 10.3. The molecule has 1 unspecified atom stereocenters. The molecule has 34 heavy (non-hydrogen) atoms. The zero-order valence-electron chi connectivity index (χ0n) is 18.7. The molecular formula is C24H23N5O4S. The molecule has 2 aliphatic rings. The largest absolute Gasteiger partial charge is 0.508 e. The number of nitrogens with zero attached hydrogens (tertiary/aromatic N) is 4. The number of Topliss-reactive ketones (excluding diaryl/α,β-unsaturated/α-hetero) is 1. The molecule has 2 aromatic carbocycles. The summed E-state index contributed by atoms with van der Waals surface area (Å²) in [6.07, 6.45) is 1.15. The highest BCUT2D eigenvalue weighted by Gasteiger charge is 2.41. The van der Waals surface area contributed by atoms with Crippen molar-refractivity contribution in [1.29, 1.82) is 0 Å². The molecule has 0 spiro atoms. The van der Waals surface area contributed by atoms with Crippen LogP contribution in [0.3, 0.4) is 0 Å². The van der Waals surface area contributed by atoms with Crippen LogP contribution in [-0.2, 0) is 10.5 Å². The van der Waals surface area contributed by atoms with E-state index in [1.165, 1.54) is 23.9 Å². The van der Waals surface area contributed by atoms with Crippen molar-refractivity contribution < 1.29 is 14.8 Å². The molecular weight excluding hydrogens is 454 g/mol. The zero-order chi connectivity index (χ0) is 24.0. The number of non-ortho nitro benzene ring substituents is 1. The van der Waals surface area contributed by atoms with E-state index in [0.717, 1.165) is 16.8 Å². The number of nitrogens with one attached hydrogen (secondary N) is 1. The average Bonchev–Trinajstić information content (AvgIpc) is 3.18. The number of phenolic OH excluding ortho intramolecular Hbond substituents is 1. The number of hydrogen-bond acceptors (Lipinski definition) is 8. The molecule has 1 aromatic heterocycles. The monoisotopic (exact) mass is 477 g/mol. The minimum atomic E-state index is -0.483. The predicted molar refractivity (Wildman–Crippen MR) is 128 cm³/mol. The summed E-state index contributed by atoms with van der Waals surface area (Å²) in [6.45, 7) is 4.15. The van der Waals surface area contributed by atoms with Crippen molar-refractivity contribution in [2.45, 2.75) is 43.6 Å². The summed E-state index contributed by atoms with van der Waals surface area (Å²) >= 11 is 1.41. The molecule has 0 radical (unpaired) electrons. The number of anilines is 1. The Kier molecular flexibility index (Phi) is 5.40. The van der Waals surface area contributed by atoms with E-state index in [4.69, 9.17) is 5.10 Å². The fraction of sp³-hybridized carbons (Fsp3) is 0.292. The first-order valence-corrected chi connectivity index (χ1v) is 11.8. The summed E-state index contributed by atoms with van der Waals surface area (Å²) in [5.74, 6) is 1.27. The van der Waals surface area contributed by atoms with Gasteiger partial charge in [-0.2, -0.15) is 4.98 Å². The molecule has 9 nitrogen and oxygen atoms in total. The smallest absolute Gasteiger partial charge is 0.269 e. The Bertz CT molecular complexity index is 1330. The number of ketones is 1. The molecule has 5 rings (SSSR count). The SMILES string of the molecule is CC1(C)CC(=O)C2=C(C1)Nc1nc(SCc3ccc([N+](=O)[O-])cc3)nn1C2c1cccc(O)c1. The number of phenols is 1. The number of rotatable bonds is 5. The van der Waals surface area contributed by atoms with Crippen molar-refractivity contribution in [2.24, 2.45) is 5.41 Å². The van der Waals surface area contributed by atoms with Crippen molar-refractivity contribution in [2.75, 3.05) is 5.32 Å². The maximum Gasteiger partial charge on any atom is 0.269 e. The summed E-state index contributed by atoms with van der Waals surface area (Å²) in [6, 6.07) is 12.8. The first-order valence-electron chi connectivity index (χ1n) is 10.8. The van der Waals surface area contributed by atoms with Crippen molar-refractivity contribution in [3.05, 3.63) is 81.0 Å². The van der Waals surface area contributed by atoms with Gasteiger partial charge in [-0.1, -0.05) is 49.9 Å². The van der Waals surface area contributed by atoms with Gasteiger partial charge in [0.1, 0.15) is 11.8 Å². The van der Waals surface area contributed by atoms with E-state index < -0.39 is 11.0 Å². The van der Waals surface area contributed by atoms with Crippen LogP contribution < -0.4 is 5.32 Å². The molecule has 1 atom stereocenters. The maximum absolute atomic E-state index is 13.2. The first kappa shape index (κ1) is 22.1. The van der Waals surface area contributed by atoms with Gasteiger partial charge in [-0.25, -0.2) is 4.68 Å². The topological polar surface area (TPSA) is 123 Å². The second kappa shape index (κ2) is 8.28. The van der Waals surface area contributed by atoms with Gasteiger partial charge in [-0.3, -0.25) is 14.9 Å². The number of aromatic nitrogens is 3. The summed E-state index contributed by atoms with van der Waals surface area (Å²) in [7, 11) is 0. The average molecular weight is 478 g/mol. The van der Waals surface area contributed by atoms with Gasteiger partial charge in [0, 0.05) is 35.6 Å². The number of fused-ring (bicyclic) bond motifs is 1.